The number of nitrogens with one attached hydrogen (secondary N) is 1. The molecule has 0 aliphatic carbocycles. The molecule has 3 N–H and O–H groups in total. The average molecular weight is 468 g/mol. The van der Waals surface area contributed by atoms with Gasteiger partial charge in [-0.25, -0.2) is 13.1 Å². The first kappa shape index (κ1) is 24.2. The van der Waals surface area contributed by atoms with Crippen LogP contribution in [0.2, 0.25) is 0 Å². The minimum atomic E-state index is -3.85. The number of hydrogen-bond donors (Lipinski definition) is 3. The number of thioether (sulfide) groups is 1. The van der Waals surface area contributed by atoms with Gasteiger partial charge in [0.05, 0.1) is 17.5 Å². The lowest BCUT2D eigenvalue weighted by molar-refractivity contribution is -0.158. The minimum absolute atomic E-state index is 0.144. The molecular formula is C22H29NO6S2. The van der Waals surface area contributed by atoms with Crippen LogP contribution in [-0.2, 0) is 19.5 Å². The van der Waals surface area contributed by atoms with Crippen LogP contribution in [0.15, 0.2) is 64.4 Å². The zero-order valence-electron chi connectivity index (χ0n) is 17.8. The van der Waals surface area contributed by atoms with Gasteiger partial charge in [0.15, 0.2) is 5.79 Å². The van der Waals surface area contributed by atoms with E-state index in [0.717, 1.165) is 10.5 Å². The number of sulfonamides is 1. The van der Waals surface area contributed by atoms with Crippen LogP contribution in [0.1, 0.15) is 19.4 Å². The summed E-state index contributed by atoms with van der Waals surface area (Å²) in [6.07, 6.45) is -2.89. The Morgan fingerprint density at radius 3 is 2.29 bits per heavy atom. The second-order valence-electron chi connectivity index (χ2n) is 7.98. The van der Waals surface area contributed by atoms with Crippen LogP contribution >= 0.6 is 11.8 Å². The maximum atomic E-state index is 13.1. The van der Waals surface area contributed by atoms with E-state index in [0.29, 0.717) is 5.75 Å². The van der Waals surface area contributed by atoms with Crippen LogP contribution in [0.4, 0.5) is 0 Å². The molecule has 9 heteroatoms. The third-order valence-corrected chi connectivity index (χ3v) is 7.57. The van der Waals surface area contributed by atoms with Crippen molar-refractivity contribution in [3.05, 3.63) is 60.2 Å². The molecule has 1 heterocycles. The average Bonchev–Trinajstić information content (AvgIpc) is 3.07. The summed E-state index contributed by atoms with van der Waals surface area (Å²) in [4.78, 5) is 1.12. The molecule has 2 aromatic carbocycles. The van der Waals surface area contributed by atoms with Crippen molar-refractivity contribution in [2.45, 2.75) is 60.7 Å². The molecule has 2 aromatic rings. The Kier molecular flexibility index (Phi) is 7.80. The first-order chi connectivity index (χ1) is 14.6. The van der Waals surface area contributed by atoms with Gasteiger partial charge in [0.25, 0.3) is 0 Å². The first-order valence-corrected chi connectivity index (χ1v) is 12.5. The fraction of sp³-hybridized carbons (Fsp3) is 0.455. The van der Waals surface area contributed by atoms with Crippen molar-refractivity contribution in [3.8, 4) is 0 Å². The molecule has 0 unspecified atom stereocenters. The molecule has 4 atom stereocenters. The van der Waals surface area contributed by atoms with Gasteiger partial charge in [0, 0.05) is 10.6 Å². The molecule has 1 aliphatic heterocycles. The van der Waals surface area contributed by atoms with Gasteiger partial charge >= 0.3 is 0 Å². The van der Waals surface area contributed by atoms with Crippen molar-refractivity contribution >= 4 is 21.8 Å². The van der Waals surface area contributed by atoms with Crippen molar-refractivity contribution in [2.24, 2.45) is 0 Å². The lowest BCUT2D eigenvalue weighted by atomic mass is 10.0. The maximum absolute atomic E-state index is 13.1. The summed E-state index contributed by atoms with van der Waals surface area (Å²) < 4.78 is 40.8. The fourth-order valence-corrected chi connectivity index (χ4v) is 5.76. The van der Waals surface area contributed by atoms with Gasteiger partial charge in [-0.05, 0) is 45.0 Å². The van der Waals surface area contributed by atoms with Gasteiger partial charge in [-0.1, -0.05) is 35.9 Å². The molecule has 0 aromatic heterocycles. The second-order valence-corrected chi connectivity index (χ2v) is 10.8. The third kappa shape index (κ3) is 6.29. The van der Waals surface area contributed by atoms with Crippen LogP contribution in [0.25, 0.3) is 0 Å². The molecule has 0 amide bonds. The highest BCUT2D eigenvalue weighted by molar-refractivity contribution is 7.99. The summed E-state index contributed by atoms with van der Waals surface area (Å²) in [6.45, 7) is 4.75. The van der Waals surface area contributed by atoms with Gasteiger partial charge in [-0.2, -0.15) is 0 Å². The third-order valence-electron chi connectivity index (χ3n) is 4.94. The normalized spacial score (nSPS) is 22.9. The van der Waals surface area contributed by atoms with Crippen molar-refractivity contribution in [1.82, 2.24) is 4.72 Å². The summed E-state index contributed by atoms with van der Waals surface area (Å²) >= 11 is 1.47. The van der Waals surface area contributed by atoms with Crippen LogP contribution < -0.4 is 4.72 Å². The quantitative estimate of drug-likeness (QED) is 0.486. The van der Waals surface area contributed by atoms with Crippen LogP contribution in [0.3, 0.4) is 0 Å². The molecule has 7 nitrogen and oxygen atoms in total. The van der Waals surface area contributed by atoms with Crippen LogP contribution in [0, 0.1) is 6.92 Å². The highest BCUT2D eigenvalue weighted by Crippen LogP contribution is 2.34. The van der Waals surface area contributed by atoms with Crippen LogP contribution in [-0.4, -0.2) is 61.1 Å². The SMILES string of the molecule is Cc1ccc(S(=O)(=O)N[C@H](CSc2ccccc2)[C@H]2OC(C)(C)O[C@@H]2[C@H](O)CO)cc1. The summed E-state index contributed by atoms with van der Waals surface area (Å²) in [6, 6.07) is 15.4. The minimum Gasteiger partial charge on any atom is -0.394 e. The first-order valence-electron chi connectivity index (χ1n) is 10.0. The van der Waals surface area contributed by atoms with Crippen molar-refractivity contribution in [3.63, 3.8) is 0 Å². The van der Waals surface area contributed by atoms with E-state index < -0.39 is 46.8 Å². The Balaban J connectivity index is 1.89. The molecule has 0 bridgehead atoms. The summed E-state index contributed by atoms with van der Waals surface area (Å²) in [5.41, 5.74) is 0.954. The molecule has 170 valence electrons. The highest BCUT2D eigenvalue weighted by atomic mass is 32.2. The molecular weight excluding hydrogens is 438 g/mol. The van der Waals surface area contributed by atoms with E-state index >= 15 is 0 Å². The maximum Gasteiger partial charge on any atom is 0.240 e. The number of ether oxygens (including phenoxy) is 2. The van der Waals surface area contributed by atoms with E-state index in [1.54, 1.807) is 38.1 Å². The van der Waals surface area contributed by atoms with E-state index in [-0.39, 0.29) is 4.90 Å². The number of rotatable bonds is 9. The predicted octanol–water partition coefficient (Wildman–Crippen LogP) is 2.31. The summed E-state index contributed by atoms with van der Waals surface area (Å²) in [7, 11) is -3.85. The zero-order chi connectivity index (χ0) is 22.6. The van der Waals surface area contributed by atoms with E-state index in [1.165, 1.54) is 11.8 Å². The molecule has 0 saturated carbocycles. The van der Waals surface area contributed by atoms with Gasteiger partial charge in [0.2, 0.25) is 10.0 Å². The molecule has 0 spiro atoms. The Bertz CT molecular complexity index is 950. The van der Waals surface area contributed by atoms with Gasteiger partial charge in [-0.15, -0.1) is 11.8 Å². The largest absolute Gasteiger partial charge is 0.394 e. The molecule has 0 radical (unpaired) electrons. The van der Waals surface area contributed by atoms with Crippen molar-refractivity contribution in [2.75, 3.05) is 12.4 Å². The standard InChI is InChI=1S/C22H29NO6S2/c1-15-9-11-17(12-10-15)31(26,27)23-18(14-30-16-7-5-4-6-8-16)20-21(19(25)13-24)29-22(2,3)28-20/h4-12,18-21,23-25H,13-14H2,1-3H3/t18-,19-,20-,21-/m1/s1. The highest BCUT2D eigenvalue weighted by Gasteiger charge is 2.48. The predicted molar refractivity (Wildman–Crippen MR) is 119 cm³/mol. The fourth-order valence-electron chi connectivity index (χ4n) is 3.41. The van der Waals surface area contributed by atoms with Gasteiger partial charge in [0.1, 0.15) is 18.3 Å². The van der Waals surface area contributed by atoms with Crippen molar-refractivity contribution < 1.29 is 28.1 Å². The Labute approximate surface area is 187 Å². The number of aliphatic hydroxyl groups is 2. The Morgan fingerprint density at radius 1 is 1.06 bits per heavy atom. The number of aliphatic hydroxyl groups excluding tert-OH is 2. The second kappa shape index (κ2) is 9.99. The van der Waals surface area contributed by atoms with E-state index in [4.69, 9.17) is 9.47 Å². The molecule has 3 rings (SSSR count). The monoisotopic (exact) mass is 467 g/mol. The van der Waals surface area contributed by atoms with E-state index in [9.17, 15) is 18.6 Å². The number of benzene rings is 2. The smallest absolute Gasteiger partial charge is 0.240 e. The number of aryl methyl sites for hydroxylation is 1. The summed E-state index contributed by atoms with van der Waals surface area (Å²) in [5, 5.41) is 19.8. The van der Waals surface area contributed by atoms with Crippen molar-refractivity contribution in [1.29, 1.82) is 0 Å². The molecule has 1 saturated heterocycles. The van der Waals surface area contributed by atoms with E-state index in [1.807, 2.05) is 37.3 Å². The molecule has 31 heavy (non-hydrogen) atoms. The summed E-state index contributed by atoms with van der Waals surface area (Å²) in [5.74, 6) is -0.690. The zero-order valence-corrected chi connectivity index (χ0v) is 19.4. The topological polar surface area (TPSA) is 105 Å². The van der Waals surface area contributed by atoms with Crippen LogP contribution in [0.5, 0.6) is 0 Å². The van der Waals surface area contributed by atoms with Gasteiger partial charge < -0.3 is 19.7 Å². The lowest BCUT2D eigenvalue weighted by Gasteiger charge is -2.29. The molecule has 1 fully saturated rings. The molecule has 1 aliphatic rings. The lowest BCUT2D eigenvalue weighted by Crippen LogP contribution is -2.52. The Morgan fingerprint density at radius 2 is 1.68 bits per heavy atom. The van der Waals surface area contributed by atoms with Gasteiger partial charge in [-0.3, -0.25) is 0 Å². The Hall–Kier alpha value is -1.46. The number of hydrogen-bond acceptors (Lipinski definition) is 7. The van der Waals surface area contributed by atoms with E-state index in [2.05, 4.69) is 4.72 Å².